The number of hydrogen-bond donors (Lipinski definition) is 0. The third-order valence-corrected chi connectivity index (χ3v) is 10.8. The quantitative estimate of drug-likeness (QED) is 0.130. The van der Waals surface area contributed by atoms with E-state index in [1.54, 1.807) is 0 Å². The molecule has 0 aliphatic heterocycles. The fourth-order valence-electron chi connectivity index (χ4n) is 8.34. The van der Waals surface area contributed by atoms with Crippen molar-refractivity contribution < 1.29 is 0 Å². The van der Waals surface area contributed by atoms with Crippen molar-refractivity contribution in [3.05, 3.63) is 205 Å². The summed E-state index contributed by atoms with van der Waals surface area (Å²) in [5, 5.41) is 16.7. The van der Waals surface area contributed by atoms with Crippen LogP contribution in [0.4, 0.5) is 5.69 Å². The molecule has 1 aromatic heterocycles. The Labute approximate surface area is 319 Å². The molecule has 0 radical (unpaired) electrons. The number of rotatable bonds is 5. The average Bonchev–Trinajstić information content (AvgIpc) is 3.59. The van der Waals surface area contributed by atoms with Gasteiger partial charge in [-0.15, -0.1) is 0 Å². The Morgan fingerprint density at radius 3 is 1.60 bits per heavy atom. The van der Waals surface area contributed by atoms with Gasteiger partial charge in [-0.25, -0.2) is 4.85 Å². The molecular formula is C52H31N3. The van der Waals surface area contributed by atoms with Crippen molar-refractivity contribution in [2.45, 2.75) is 0 Å². The Morgan fingerprint density at radius 2 is 0.945 bits per heavy atom. The van der Waals surface area contributed by atoms with E-state index in [1.807, 2.05) is 42.5 Å². The Bertz CT molecular complexity index is 3150. The third kappa shape index (κ3) is 5.35. The summed E-state index contributed by atoms with van der Waals surface area (Å²) >= 11 is 0. The van der Waals surface area contributed by atoms with Crippen molar-refractivity contribution in [2.75, 3.05) is 0 Å². The Kier molecular flexibility index (Phi) is 7.58. The second kappa shape index (κ2) is 13.0. The van der Waals surface area contributed by atoms with Crippen LogP contribution in [0.3, 0.4) is 0 Å². The first-order valence-electron chi connectivity index (χ1n) is 18.3. The van der Waals surface area contributed by atoms with Gasteiger partial charge in [-0.1, -0.05) is 140 Å². The standard InChI is InChI=1S/C52H31N3/c1-54-41-30-40(31-42(32-41)55-49-21-10-9-16-43(49)48-28-34(33-53)22-27-50(48)55)36-25-23-35(24-26-36)38-14-11-15-39(29-38)52-46-19-7-5-17-44(46)51(37-12-3-2-4-13-37)45-18-6-8-20-47(45)52/h2-32H. The molecule has 0 N–H and O–H groups in total. The van der Waals surface area contributed by atoms with Gasteiger partial charge in [0.05, 0.1) is 29.2 Å². The molecule has 9 aromatic carbocycles. The van der Waals surface area contributed by atoms with Gasteiger partial charge in [0.1, 0.15) is 0 Å². The maximum absolute atomic E-state index is 9.61. The highest BCUT2D eigenvalue weighted by atomic mass is 15.0. The summed E-state index contributed by atoms with van der Waals surface area (Å²) < 4.78 is 2.20. The molecule has 0 aliphatic rings. The Morgan fingerprint density at radius 1 is 0.400 bits per heavy atom. The predicted octanol–water partition coefficient (Wildman–Crippen LogP) is 14.2. The molecule has 0 aliphatic carbocycles. The summed E-state index contributed by atoms with van der Waals surface area (Å²) in [4.78, 5) is 3.88. The molecule has 0 spiro atoms. The Hall–Kier alpha value is -7.72. The van der Waals surface area contributed by atoms with Crippen molar-refractivity contribution in [1.82, 2.24) is 4.57 Å². The topological polar surface area (TPSA) is 33.1 Å². The van der Waals surface area contributed by atoms with Crippen LogP contribution in [-0.4, -0.2) is 4.57 Å². The van der Waals surface area contributed by atoms with E-state index in [-0.39, 0.29) is 0 Å². The molecule has 10 rings (SSSR count). The van der Waals surface area contributed by atoms with Gasteiger partial charge in [0.25, 0.3) is 0 Å². The molecule has 10 aromatic rings. The van der Waals surface area contributed by atoms with Crippen LogP contribution < -0.4 is 0 Å². The molecule has 3 nitrogen and oxygen atoms in total. The van der Waals surface area contributed by atoms with Gasteiger partial charge in [0.15, 0.2) is 5.69 Å². The maximum Gasteiger partial charge on any atom is 0.189 e. The zero-order valence-corrected chi connectivity index (χ0v) is 29.7. The largest absolute Gasteiger partial charge is 0.310 e. The summed E-state index contributed by atoms with van der Waals surface area (Å²) in [7, 11) is 0. The van der Waals surface area contributed by atoms with E-state index < -0.39 is 0 Å². The lowest BCUT2D eigenvalue weighted by Crippen LogP contribution is -1.94. The van der Waals surface area contributed by atoms with Gasteiger partial charge >= 0.3 is 0 Å². The fraction of sp³-hybridized carbons (Fsp3) is 0. The predicted molar refractivity (Wildman–Crippen MR) is 229 cm³/mol. The van der Waals surface area contributed by atoms with E-state index in [1.165, 1.54) is 43.8 Å². The highest BCUT2D eigenvalue weighted by Crippen LogP contribution is 2.44. The van der Waals surface area contributed by atoms with Crippen molar-refractivity contribution in [3.8, 4) is 56.3 Å². The van der Waals surface area contributed by atoms with E-state index in [4.69, 9.17) is 6.57 Å². The lowest BCUT2D eigenvalue weighted by molar-refractivity contribution is 1.18. The van der Waals surface area contributed by atoms with E-state index in [9.17, 15) is 5.26 Å². The van der Waals surface area contributed by atoms with Gasteiger partial charge in [-0.05, 0) is 115 Å². The molecule has 0 saturated carbocycles. The lowest BCUT2D eigenvalue weighted by atomic mass is 9.85. The number of benzene rings is 9. The molecular weight excluding hydrogens is 667 g/mol. The highest BCUT2D eigenvalue weighted by molar-refractivity contribution is 6.21. The molecule has 3 heteroatoms. The number of hydrogen-bond acceptors (Lipinski definition) is 1. The molecule has 0 bridgehead atoms. The lowest BCUT2D eigenvalue weighted by Gasteiger charge is -2.18. The van der Waals surface area contributed by atoms with Crippen LogP contribution in [0.5, 0.6) is 0 Å². The summed E-state index contributed by atoms with van der Waals surface area (Å²) in [5.41, 5.74) is 13.3. The van der Waals surface area contributed by atoms with Crippen LogP contribution in [0, 0.1) is 17.9 Å². The van der Waals surface area contributed by atoms with Crippen LogP contribution in [-0.2, 0) is 0 Å². The van der Waals surface area contributed by atoms with Crippen LogP contribution in [0.25, 0.3) is 98.4 Å². The molecule has 254 valence electrons. The fourth-order valence-corrected chi connectivity index (χ4v) is 8.34. The van der Waals surface area contributed by atoms with Crippen molar-refractivity contribution in [1.29, 1.82) is 5.26 Å². The number of fused-ring (bicyclic) bond motifs is 5. The Balaban J connectivity index is 1.07. The minimum Gasteiger partial charge on any atom is -0.310 e. The number of nitriles is 1. The zero-order valence-electron chi connectivity index (χ0n) is 29.7. The average molecular weight is 698 g/mol. The minimum atomic E-state index is 0.571. The maximum atomic E-state index is 9.61. The minimum absolute atomic E-state index is 0.571. The third-order valence-electron chi connectivity index (χ3n) is 10.8. The second-order valence-corrected chi connectivity index (χ2v) is 13.9. The molecule has 0 atom stereocenters. The molecule has 1 heterocycles. The number of nitrogens with zero attached hydrogens (tertiary/aromatic N) is 3. The SMILES string of the molecule is [C-]#[N+]c1cc(-c2ccc(-c3cccc(-c4c5ccccc5c(-c5ccccc5)c5ccccc45)c3)cc2)cc(-n2c3ccccc3c3cc(C#N)ccc32)c1. The van der Waals surface area contributed by atoms with Crippen LogP contribution >= 0.6 is 0 Å². The molecule has 0 fully saturated rings. The van der Waals surface area contributed by atoms with E-state index in [0.29, 0.717) is 11.3 Å². The normalized spacial score (nSPS) is 11.2. The van der Waals surface area contributed by atoms with Crippen LogP contribution in [0.1, 0.15) is 5.56 Å². The highest BCUT2D eigenvalue weighted by Gasteiger charge is 2.18. The van der Waals surface area contributed by atoms with Crippen LogP contribution in [0.15, 0.2) is 188 Å². The van der Waals surface area contributed by atoms with Crippen molar-refractivity contribution >= 4 is 49.0 Å². The molecule has 0 unspecified atom stereocenters. The summed E-state index contributed by atoms with van der Waals surface area (Å²) in [6.45, 7) is 7.98. The molecule has 0 amide bonds. The zero-order chi connectivity index (χ0) is 36.9. The summed E-state index contributed by atoms with van der Waals surface area (Å²) in [5.74, 6) is 0. The first-order chi connectivity index (χ1) is 27.2. The summed E-state index contributed by atoms with van der Waals surface area (Å²) in [6, 6.07) is 68.2. The first kappa shape index (κ1) is 32.0. The first-order valence-corrected chi connectivity index (χ1v) is 18.3. The van der Waals surface area contributed by atoms with E-state index in [0.717, 1.165) is 49.7 Å². The van der Waals surface area contributed by atoms with Gasteiger partial charge in [-0.3, -0.25) is 0 Å². The van der Waals surface area contributed by atoms with Crippen molar-refractivity contribution in [3.63, 3.8) is 0 Å². The number of aromatic nitrogens is 1. The monoisotopic (exact) mass is 697 g/mol. The summed E-state index contributed by atoms with van der Waals surface area (Å²) in [6.07, 6.45) is 0. The van der Waals surface area contributed by atoms with Crippen LogP contribution in [0.2, 0.25) is 0 Å². The van der Waals surface area contributed by atoms with E-state index >= 15 is 0 Å². The van der Waals surface area contributed by atoms with Gasteiger partial charge in [0, 0.05) is 16.5 Å². The second-order valence-electron chi connectivity index (χ2n) is 13.9. The van der Waals surface area contributed by atoms with Gasteiger partial charge < -0.3 is 4.57 Å². The van der Waals surface area contributed by atoms with E-state index in [2.05, 4.69) is 161 Å². The van der Waals surface area contributed by atoms with Gasteiger partial charge in [-0.2, -0.15) is 5.26 Å². The number of para-hydroxylation sites is 1. The molecule has 55 heavy (non-hydrogen) atoms. The van der Waals surface area contributed by atoms with Gasteiger partial charge in [0.2, 0.25) is 0 Å². The molecule has 0 saturated heterocycles. The van der Waals surface area contributed by atoms with Crippen molar-refractivity contribution in [2.24, 2.45) is 0 Å². The smallest absolute Gasteiger partial charge is 0.189 e.